The van der Waals surface area contributed by atoms with Gasteiger partial charge in [-0.2, -0.15) is 0 Å². The van der Waals surface area contributed by atoms with E-state index in [1.54, 1.807) is 0 Å². The zero-order valence-corrected chi connectivity index (χ0v) is 11.3. The van der Waals surface area contributed by atoms with Crippen LogP contribution < -0.4 is 5.32 Å². The molecule has 2 rings (SSSR count). The summed E-state index contributed by atoms with van der Waals surface area (Å²) in [5.41, 5.74) is 0.415. The van der Waals surface area contributed by atoms with Crippen LogP contribution in [0.4, 0.5) is 0 Å². The average molecular weight is 239 g/mol. The topological polar surface area (TPSA) is 35.6 Å². The number of nitrogens with one attached hydrogen (secondary N) is 1. The summed E-state index contributed by atoms with van der Waals surface area (Å²) in [6.45, 7) is 5.94. The van der Waals surface area contributed by atoms with Gasteiger partial charge in [-0.1, -0.05) is 0 Å². The Hall–Kier alpha value is -0.610. The lowest BCUT2D eigenvalue weighted by atomic mass is 10.1. The second kappa shape index (κ2) is 4.94. The lowest BCUT2D eigenvalue weighted by Gasteiger charge is -2.25. The molecule has 1 saturated carbocycles. The van der Waals surface area contributed by atoms with Crippen LogP contribution in [0, 0.1) is 5.41 Å². The highest BCUT2D eigenvalue weighted by atomic mass is 16.2. The van der Waals surface area contributed by atoms with Crippen LogP contribution in [-0.4, -0.2) is 62.0 Å². The van der Waals surface area contributed by atoms with E-state index < -0.39 is 0 Å². The molecule has 0 bridgehead atoms. The first-order valence-electron chi connectivity index (χ1n) is 6.69. The van der Waals surface area contributed by atoms with E-state index in [2.05, 4.69) is 29.2 Å². The second-order valence-electron chi connectivity index (χ2n) is 6.02. The molecule has 4 heteroatoms. The van der Waals surface area contributed by atoms with Crippen molar-refractivity contribution in [3.8, 4) is 0 Å². The van der Waals surface area contributed by atoms with E-state index in [1.165, 1.54) is 12.8 Å². The highest BCUT2D eigenvalue weighted by Gasteiger charge is 2.47. The molecule has 1 amide bonds. The Morgan fingerprint density at radius 1 is 1.47 bits per heavy atom. The second-order valence-corrected chi connectivity index (χ2v) is 6.02. The SMILES string of the molecule is CC1NCC2(CC2)CN(CCCN(C)C)C1=O. The van der Waals surface area contributed by atoms with Gasteiger partial charge in [-0.3, -0.25) is 4.79 Å². The standard InChI is InChI=1S/C13H25N3O/c1-11-12(17)16(8-4-7-15(2)3)10-13(5-6-13)9-14-11/h11,14H,4-10H2,1-3H3. The van der Waals surface area contributed by atoms with Crippen molar-refractivity contribution in [1.29, 1.82) is 0 Å². The maximum Gasteiger partial charge on any atom is 0.239 e. The lowest BCUT2D eigenvalue weighted by molar-refractivity contribution is -0.132. The van der Waals surface area contributed by atoms with Crippen LogP contribution in [0.1, 0.15) is 26.2 Å². The molecule has 0 radical (unpaired) electrons. The monoisotopic (exact) mass is 239 g/mol. The number of rotatable bonds is 4. The third kappa shape index (κ3) is 3.19. The molecule has 1 saturated heterocycles. The fourth-order valence-corrected chi connectivity index (χ4v) is 2.55. The number of hydrogen-bond donors (Lipinski definition) is 1. The normalized spacial score (nSPS) is 27.6. The third-order valence-corrected chi connectivity index (χ3v) is 3.98. The van der Waals surface area contributed by atoms with Crippen LogP contribution in [0.3, 0.4) is 0 Å². The van der Waals surface area contributed by atoms with Gasteiger partial charge in [0.25, 0.3) is 0 Å². The van der Waals surface area contributed by atoms with Gasteiger partial charge in [-0.05, 0) is 46.8 Å². The van der Waals surface area contributed by atoms with Gasteiger partial charge in [-0.25, -0.2) is 0 Å². The van der Waals surface area contributed by atoms with Gasteiger partial charge in [0.05, 0.1) is 6.04 Å². The fourth-order valence-electron chi connectivity index (χ4n) is 2.55. The summed E-state index contributed by atoms with van der Waals surface area (Å²) < 4.78 is 0. The van der Waals surface area contributed by atoms with Crippen LogP contribution >= 0.6 is 0 Å². The van der Waals surface area contributed by atoms with Crippen molar-refractivity contribution in [2.24, 2.45) is 5.41 Å². The first-order chi connectivity index (χ1) is 8.02. The van der Waals surface area contributed by atoms with Crippen molar-refractivity contribution in [2.45, 2.75) is 32.2 Å². The maximum atomic E-state index is 12.2. The Kier molecular flexibility index (Phi) is 3.73. The lowest BCUT2D eigenvalue weighted by Crippen LogP contribution is -2.42. The van der Waals surface area contributed by atoms with Crippen molar-refractivity contribution >= 4 is 5.91 Å². The predicted octanol–water partition coefficient (Wildman–Crippen LogP) is 0.539. The fraction of sp³-hybridized carbons (Fsp3) is 0.923. The van der Waals surface area contributed by atoms with Gasteiger partial charge < -0.3 is 15.1 Å². The summed E-state index contributed by atoms with van der Waals surface area (Å²) in [5, 5.41) is 3.37. The van der Waals surface area contributed by atoms with Crippen LogP contribution in [0.15, 0.2) is 0 Å². The highest BCUT2D eigenvalue weighted by Crippen LogP contribution is 2.46. The van der Waals surface area contributed by atoms with Crippen LogP contribution in [-0.2, 0) is 4.79 Å². The molecule has 17 heavy (non-hydrogen) atoms. The molecule has 98 valence electrons. The quantitative estimate of drug-likeness (QED) is 0.778. The zero-order chi connectivity index (χ0) is 12.5. The largest absolute Gasteiger partial charge is 0.341 e. The summed E-state index contributed by atoms with van der Waals surface area (Å²) in [6.07, 6.45) is 3.63. The molecule has 0 aromatic heterocycles. The summed E-state index contributed by atoms with van der Waals surface area (Å²) in [4.78, 5) is 16.4. The molecule has 2 aliphatic rings. The van der Waals surface area contributed by atoms with E-state index in [1.807, 2.05) is 6.92 Å². The van der Waals surface area contributed by atoms with Crippen LogP contribution in [0.5, 0.6) is 0 Å². The van der Waals surface area contributed by atoms with Crippen molar-refractivity contribution in [2.75, 3.05) is 40.3 Å². The number of nitrogens with zero attached hydrogens (tertiary/aromatic N) is 2. The van der Waals surface area contributed by atoms with Crippen molar-refractivity contribution in [3.63, 3.8) is 0 Å². The van der Waals surface area contributed by atoms with Crippen LogP contribution in [0.25, 0.3) is 0 Å². The molecular weight excluding hydrogens is 214 g/mol. The molecular formula is C13H25N3O. The van der Waals surface area contributed by atoms with Crippen LogP contribution in [0.2, 0.25) is 0 Å². The third-order valence-electron chi connectivity index (χ3n) is 3.98. The summed E-state index contributed by atoms with van der Waals surface area (Å²) in [5.74, 6) is 0.285. The van der Waals surface area contributed by atoms with Gasteiger partial charge in [0.2, 0.25) is 5.91 Å². The Morgan fingerprint density at radius 3 is 2.76 bits per heavy atom. The van der Waals surface area contributed by atoms with Crippen molar-refractivity contribution in [3.05, 3.63) is 0 Å². The summed E-state index contributed by atoms with van der Waals surface area (Å²) in [6, 6.07) is -0.00525. The molecule has 0 aromatic carbocycles. The Morgan fingerprint density at radius 2 is 2.18 bits per heavy atom. The van der Waals surface area contributed by atoms with E-state index in [4.69, 9.17) is 0 Å². The molecule has 1 aliphatic carbocycles. The van der Waals surface area contributed by atoms with Gasteiger partial charge in [0.1, 0.15) is 0 Å². The minimum Gasteiger partial charge on any atom is -0.341 e. The molecule has 2 fully saturated rings. The smallest absolute Gasteiger partial charge is 0.239 e. The number of carbonyl (C=O) groups excluding carboxylic acids is 1. The zero-order valence-electron chi connectivity index (χ0n) is 11.3. The predicted molar refractivity (Wildman–Crippen MR) is 68.9 cm³/mol. The Balaban J connectivity index is 1.90. The minimum atomic E-state index is -0.00525. The number of amides is 1. The van der Waals surface area contributed by atoms with Gasteiger partial charge >= 0.3 is 0 Å². The van der Waals surface area contributed by atoms with E-state index >= 15 is 0 Å². The van der Waals surface area contributed by atoms with Gasteiger partial charge in [0.15, 0.2) is 0 Å². The number of hydrogen-bond acceptors (Lipinski definition) is 3. The molecule has 1 unspecified atom stereocenters. The molecule has 0 aromatic rings. The molecule has 1 heterocycles. The Labute approximate surface area is 104 Å². The molecule has 4 nitrogen and oxygen atoms in total. The van der Waals surface area contributed by atoms with E-state index in [9.17, 15) is 4.79 Å². The Bertz CT molecular complexity index is 286. The average Bonchev–Trinajstić information content (AvgIpc) is 3.04. The maximum absolute atomic E-state index is 12.2. The van der Waals surface area contributed by atoms with Gasteiger partial charge in [0, 0.05) is 25.0 Å². The summed E-state index contributed by atoms with van der Waals surface area (Å²) >= 11 is 0. The highest BCUT2D eigenvalue weighted by molar-refractivity contribution is 5.82. The molecule has 1 atom stereocenters. The molecule has 1 N–H and O–H groups in total. The number of carbonyl (C=O) groups is 1. The van der Waals surface area contributed by atoms with Gasteiger partial charge in [-0.15, -0.1) is 0 Å². The molecule has 1 aliphatic heterocycles. The summed E-state index contributed by atoms with van der Waals surface area (Å²) in [7, 11) is 4.16. The van der Waals surface area contributed by atoms with E-state index in [0.29, 0.717) is 5.41 Å². The van der Waals surface area contributed by atoms with E-state index in [-0.39, 0.29) is 11.9 Å². The minimum absolute atomic E-state index is 0.00525. The van der Waals surface area contributed by atoms with Crippen molar-refractivity contribution in [1.82, 2.24) is 15.1 Å². The molecule has 1 spiro atoms. The first kappa shape index (κ1) is 12.8. The van der Waals surface area contributed by atoms with Crippen molar-refractivity contribution < 1.29 is 4.79 Å². The first-order valence-corrected chi connectivity index (χ1v) is 6.69. The van der Waals surface area contributed by atoms with E-state index in [0.717, 1.165) is 32.6 Å².